The molecule has 0 bridgehead atoms. The zero-order valence-electron chi connectivity index (χ0n) is 14.8. The third-order valence-electron chi connectivity index (χ3n) is 4.94. The maximum atomic E-state index is 13.0. The molecule has 2 heterocycles. The summed E-state index contributed by atoms with van der Waals surface area (Å²) in [6.45, 7) is 2.72. The van der Waals surface area contributed by atoms with E-state index >= 15 is 0 Å². The number of piperazine rings is 1. The molecule has 2 fully saturated rings. The van der Waals surface area contributed by atoms with Gasteiger partial charge in [0.25, 0.3) is 0 Å². The summed E-state index contributed by atoms with van der Waals surface area (Å²) < 4.78 is 32.3. The van der Waals surface area contributed by atoms with Gasteiger partial charge in [-0.1, -0.05) is 0 Å². The lowest BCUT2D eigenvalue weighted by molar-refractivity contribution is -0.144. The Hall–Kier alpha value is -2.13. The van der Waals surface area contributed by atoms with Gasteiger partial charge < -0.3 is 15.0 Å². The van der Waals surface area contributed by atoms with Crippen LogP contribution in [0.15, 0.2) is 29.2 Å². The smallest absolute Gasteiger partial charge is 0.243 e. The van der Waals surface area contributed by atoms with Crippen LogP contribution in [0.4, 0.5) is 0 Å². The summed E-state index contributed by atoms with van der Waals surface area (Å²) in [6, 6.07) is 4.75. The fraction of sp³-hybridized carbons (Fsp3) is 0.529. The van der Waals surface area contributed by atoms with Gasteiger partial charge in [-0.25, -0.2) is 8.42 Å². The van der Waals surface area contributed by atoms with Gasteiger partial charge >= 0.3 is 0 Å². The Bertz CT molecular complexity index is 793. The van der Waals surface area contributed by atoms with E-state index in [2.05, 4.69) is 5.32 Å². The van der Waals surface area contributed by atoms with E-state index in [9.17, 15) is 18.0 Å². The summed E-state index contributed by atoms with van der Waals surface area (Å²) in [5.41, 5.74) is 0. The minimum atomic E-state index is -3.80. The number of amides is 2. The van der Waals surface area contributed by atoms with Gasteiger partial charge in [0.15, 0.2) is 0 Å². The van der Waals surface area contributed by atoms with Gasteiger partial charge in [0.05, 0.1) is 12.0 Å². The molecule has 1 aromatic carbocycles. The summed E-state index contributed by atoms with van der Waals surface area (Å²) in [6.07, 6.45) is 1.07. The van der Waals surface area contributed by atoms with Gasteiger partial charge in [0, 0.05) is 19.6 Å². The van der Waals surface area contributed by atoms with Gasteiger partial charge in [-0.05, 0) is 44.0 Å². The molecule has 1 N–H and O–H groups in total. The Morgan fingerprint density at radius 1 is 1.23 bits per heavy atom. The average Bonchev–Trinajstić information content (AvgIpc) is 3.14. The molecule has 9 heteroatoms. The van der Waals surface area contributed by atoms with E-state index in [4.69, 9.17) is 4.74 Å². The molecule has 1 aromatic rings. The summed E-state index contributed by atoms with van der Waals surface area (Å²) in [4.78, 5) is 26.4. The van der Waals surface area contributed by atoms with Crippen molar-refractivity contribution in [3.05, 3.63) is 24.3 Å². The van der Waals surface area contributed by atoms with Crippen LogP contribution in [0, 0.1) is 0 Å². The van der Waals surface area contributed by atoms with Crippen molar-refractivity contribution in [2.24, 2.45) is 0 Å². The summed E-state index contributed by atoms with van der Waals surface area (Å²) >= 11 is 0. The number of ether oxygens (including phenoxy) is 1. The van der Waals surface area contributed by atoms with Crippen molar-refractivity contribution in [1.82, 2.24) is 14.5 Å². The minimum Gasteiger partial charge on any atom is -0.497 e. The normalized spacial score (nSPS) is 24.4. The molecule has 0 saturated carbocycles. The Morgan fingerprint density at radius 3 is 2.58 bits per heavy atom. The summed E-state index contributed by atoms with van der Waals surface area (Å²) in [7, 11) is -2.29. The molecular weight excluding hydrogens is 358 g/mol. The van der Waals surface area contributed by atoms with Crippen LogP contribution in [0.5, 0.6) is 5.75 Å². The number of rotatable bonds is 4. The maximum Gasteiger partial charge on any atom is 0.243 e. The molecular formula is C17H23N3O5S. The van der Waals surface area contributed by atoms with E-state index in [1.807, 2.05) is 0 Å². The highest BCUT2D eigenvalue weighted by atomic mass is 32.2. The fourth-order valence-corrected chi connectivity index (χ4v) is 5.08. The lowest BCUT2D eigenvalue weighted by Gasteiger charge is -2.36. The van der Waals surface area contributed by atoms with Crippen molar-refractivity contribution in [2.45, 2.75) is 36.7 Å². The number of hydrogen-bond acceptors (Lipinski definition) is 5. The zero-order chi connectivity index (χ0) is 18.9. The molecule has 2 aliphatic rings. The van der Waals surface area contributed by atoms with Gasteiger partial charge in [0.2, 0.25) is 21.8 Å². The minimum absolute atomic E-state index is 0.127. The van der Waals surface area contributed by atoms with E-state index in [1.54, 1.807) is 19.1 Å². The average molecular weight is 381 g/mol. The predicted molar refractivity (Wildman–Crippen MR) is 94.1 cm³/mol. The molecule has 3 rings (SSSR count). The number of benzene rings is 1. The SMILES string of the molecule is COc1ccc(S(=O)(=O)N2CCCC2C(=O)N2CCNC(=O)C2C)cc1. The standard InChI is InChI=1S/C17H23N3O5S/c1-12-16(21)18-9-11-19(12)17(22)15-4-3-10-20(15)26(23,24)14-7-5-13(25-2)6-8-14/h5-8,12,15H,3-4,9-11H2,1-2H3,(H,18,21). The first-order chi connectivity index (χ1) is 12.4. The highest BCUT2D eigenvalue weighted by molar-refractivity contribution is 7.89. The van der Waals surface area contributed by atoms with Crippen molar-refractivity contribution in [1.29, 1.82) is 0 Å². The highest BCUT2D eigenvalue weighted by Crippen LogP contribution is 2.28. The zero-order valence-corrected chi connectivity index (χ0v) is 15.7. The Labute approximate surface area is 153 Å². The molecule has 2 amide bonds. The quantitative estimate of drug-likeness (QED) is 0.804. The van der Waals surface area contributed by atoms with Crippen LogP contribution in [0.2, 0.25) is 0 Å². The van der Waals surface area contributed by atoms with E-state index in [-0.39, 0.29) is 16.7 Å². The summed E-state index contributed by atoms with van der Waals surface area (Å²) in [5, 5.41) is 2.71. The summed E-state index contributed by atoms with van der Waals surface area (Å²) in [5.74, 6) is 0.0419. The van der Waals surface area contributed by atoms with Gasteiger partial charge in [-0.2, -0.15) is 4.31 Å². The Kier molecular flexibility index (Phi) is 5.19. The second-order valence-corrected chi connectivity index (χ2v) is 8.34. The molecule has 2 aliphatic heterocycles. The molecule has 142 valence electrons. The molecule has 0 radical (unpaired) electrons. The van der Waals surface area contributed by atoms with E-state index in [0.717, 1.165) is 0 Å². The van der Waals surface area contributed by atoms with E-state index in [0.29, 0.717) is 38.2 Å². The molecule has 26 heavy (non-hydrogen) atoms. The van der Waals surface area contributed by atoms with Gasteiger partial charge in [0.1, 0.15) is 17.8 Å². The maximum absolute atomic E-state index is 13.0. The lowest BCUT2D eigenvalue weighted by atomic mass is 10.1. The Morgan fingerprint density at radius 2 is 1.92 bits per heavy atom. The van der Waals surface area contributed by atoms with Crippen LogP contribution in [0.25, 0.3) is 0 Å². The lowest BCUT2D eigenvalue weighted by Crippen LogP contribution is -2.59. The van der Waals surface area contributed by atoms with Gasteiger partial charge in [-0.15, -0.1) is 0 Å². The van der Waals surface area contributed by atoms with Gasteiger partial charge in [-0.3, -0.25) is 9.59 Å². The second-order valence-electron chi connectivity index (χ2n) is 6.45. The molecule has 2 saturated heterocycles. The first kappa shape index (κ1) is 18.7. The molecule has 0 spiro atoms. The molecule has 2 atom stereocenters. The number of carbonyl (C=O) groups is 2. The number of carbonyl (C=O) groups excluding carboxylic acids is 2. The number of hydrogen-bond donors (Lipinski definition) is 1. The fourth-order valence-electron chi connectivity index (χ4n) is 3.43. The number of sulfonamides is 1. The number of methoxy groups -OCH3 is 1. The first-order valence-corrected chi connectivity index (χ1v) is 10.0. The van der Waals surface area contributed by atoms with Crippen LogP contribution in [-0.2, 0) is 19.6 Å². The van der Waals surface area contributed by atoms with Crippen molar-refractivity contribution in [2.75, 3.05) is 26.7 Å². The second kappa shape index (κ2) is 7.24. The molecule has 8 nitrogen and oxygen atoms in total. The largest absolute Gasteiger partial charge is 0.497 e. The van der Waals surface area contributed by atoms with Crippen LogP contribution >= 0.6 is 0 Å². The number of nitrogens with one attached hydrogen (secondary N) is 1. The third-order valence-corrected chi connectivity index (χ3v) is 6.86. The molecule has 0 aromatic heterocycles. The third kappa shape index (κ3) is 3.28. The topological polar surface area (TPSA) is 96.0 Å². The predicted octanol–water partition coefficient (Wildman–Crippen LogP) is 0.195. The van der Waals surface area contributed by atoms with Crippen molar-refractivity contribution >= 4 is 21.8 Å². The van der Waals surface area contributed by atoms with E-state index in [1.165, 1.54) is 28.4 Å². The first-order valence-electron chi connectivity index (χ1n) is 8.60. The van der Waals surface area contributed by atoms with Crippen LogP contribution in [0.1, 0.15) is 19.8 Å². The van der Waals surface area contributed by atoms with Crippen molar-refractivity contribution in [3.8, 4) is 5.75 Å². The highest BCUT2D eigenvalue weighted by Gasteiger charge is 2.43. The van der Waals surface area contributed by atoms with Crippen molar-refractivity contribution in [3.63, 3.8) is 0 Å². The number of nitrogens with zero attached hydrogens (tertiary/aromatic N) is 2. The van der Waals surface area contributed by atoms with Crippen LogP contribution < -0.4 is 10.1 Å². The molecule has 2 unspecified atom stereocenters. The van der Waals surface area contributed by atoms with Crippen LogP contribution in [-0.4, -0.2) is 68.3 Å². The molecule has 0 aliphatic carbocycles. The monoisotopic (exact) mass is 381 g/mol. The Balaban J connectivity index is 1.84. The van der Waals surface area contributed by atoms with Crippen LogP contribution in [0.3, 0.4) is 0 Å². The van der Waals surface area contributed by atoms with E-state index < -0.39 is 22.1 Å². The van der Waals surface area contributed by atoms with Crippen molar-refractivity contribution < 1.29 is 22.7 Å².